The molecule has 1 amide bonds. The molecule has 1 aromatic rings. The van der Waals surface area contributed by atoms with Crippen molar-refractivity contribution >= 4 is 17.7 Å². The molecule has 1 atom stereocenters. The molecule has 0 saturated carbocycles. The predicted molar refractivity (Wildman–Crippen MR) is 75.6 cm³/mol. The number of hydrogen-bond donors (Lipinski definition) is 2. The number of hydrogen-bond acceptors (Lipinski definition) is 4. The van der Waals surface area contributed by atoms with Crippen LogP contribution in [0.1, 0.15) is 5.56 Å². The minimum Gasteiger partial charge on any atom is -0.399 e. The largest absolute Gasteiger partial charge is 0.399 e. The minimum absolute atomic E-state index is 0.144. The van der Waals surface area contributed by atoms with Gasteiger partial charge >= 0.3 is 0 Å². The van der Waals surface area contributed by atoms with E-state index in [9.17, 15) is 4.79 Å². The van der Waals surface area contributed by atoms with Gasteiger partial charge < -0.3 is 20.5 Å². The van der Waals surface area contributed by atoms with Gasteiger partial charge in [-0.25, -0.2) is 0 Å². The Hall–Kier alpha value is -1.85. The van der Waals surface area contributed by atoms with Gasteiger partial charge in [-0.15, -0.1) is 0 Å². The number of amides is 1. The first kappa shape index (κ1) is 15.2. The van der Waals surface area contributed by atoms with Crippen molar-refractivity contribution in [2.24, 2.45) is 0 Å². The van der Waals surface area contributed by atoms with Gasteiger partial charge in [0, 0.05) is 32.5 Å². The number of rotatable bonds is 7. The lowest BCUT2D eigenvalue weighted by Gasteiger charge is -2.13. The average molecular weight is 264 g/mol. The third-order valence-corrected chi connectivity index (χ3v) is 2.53. The van der Waals surface area contributed by atoms with E-state index in [0.717, 1.165) is 5.56 Å². The molecule has 0 aliphatic carbocycles. The maximum Gasteiger partial charge on any atom is 0.244 e. The molecule has 0 fully saturated rings. The lowest BCUT2D eigenvalue weighted by Crippen LogP contribution is -2.34. The molecule has 19 heavy (non-hydrogen) atoms. The van der Waals surface area contributed by atoms with E-state index in [2.05, 4.69) is 5.32 Å². The Morgan fingerprint density at radius 3 is 2.89 bits per heavy atom. The zero-order valence-electron chi connectivity index (χ0n) is 11.3. The van der Waals surface area contributed by atoms with Gasteiger partial charge in [-0.05, 0) is 23.8 Å². The fourth-order valence-corrected chi connectivity index (χ4v) is 1.50. The summed E-state index contributed by atoms with van der Waals surface area (Å²) in [6, 6.07) is 7.31. The molecular formula is C14H20N2O3. The smallest absolute Gasteiger partial charge is 0.244 e. The van der Waals surface area contributed by atoms with Crippen LogP contribution >= 0.6 is 0 Å². The second kappa shape index (κ2) is 8.29. The molecule has 0 spiro atoms. The normalized spacial score (nSPS) is 12.5. The van der Waals surface area contributed by atoms with Crippen LogP contribution in [0.4, 0.5) is 5.69 Å². The topological polar surface area (TPSA) is 73.6 Å². The Balaban J connectivity index is 2.42. The first-order valence-electron chi connectivity index (χ1n) is 5.99. The summed E-state index contributed by atoms with van der Waals surface area (Å²) in [5.41, 5.74) is 7.20. The molecule has 0 saturated heterocycles. The van der Waals surface area contributed by atoms with E-state index in [4.69, 9.17) is 15.2 Å². The molecule has 5 nitrogen and oxygen atoms in total. The maximum absolute atomic E-state index is 11.6. The number of nitrogens with one attached hydrogen (secondary N) is 1. The molecular weight excluding hydrogens is 244 g/mol. The van der Waals surface area contributed by atoms with Crippen LogP contribution in [0, 0.1) is 0 Å². The summed E-state index contributed by atoms with van der Waals surface area (Å²) in [7, 11) is 3.17. The maximum atomic E-state index is 11.6. The van der Waals surface area contributed by atoms with E-state index >= 15 is 0 Å². The summed E-state index contributed by atoms with van der Waals surface area (Å²) in [6.45, 7) is 0.847. The van der Waals surface area contributed by atoms with Crippen LogP contribution in [0.15, 0.2) is 30.3 Å². The number of carbonyl (C=O) groups is 1. The van der Waals surface area contributed by atoms with Crippen molar-refractivity contribution in [1.82, 2.24) is 5.32 Å². The highest BCUT2D eigenvalue weighted by atomic mass is 16.5. The number of nitrogens with two attached hydrogens (primary N) is 1. The summed E-state index contributed by atoms with van der Waals surface area (Å²) in [5, 5.41) is 2.74. The third-order valence-electron chi connectivity index (χ3n) is 2.53. The number of nitrogen functional groups attached to an aromatic ring is 1. The molecule has 1 unspecified atom stereocenters. The molecule has 0 radical (unpaired) electrons. The predicted octanol–water partition coefficient (Wildman–Crippen LogP) is 1.06. The van der Waals surface area contributed by atoms with Crippen LogP contribution in [-0.2, 0) is 14.3 Å². The lowest BCUT2D eigenvalue weighted by atomic mass is 10.2. The Morgan fingerprint density at radius 2 is 2.26 bits per heavy atom. The highest BCUT2D eigenvalue weighted by Crippen LogP contribution is 2.07. The van der Waals surface area contributed by atoms with E-state index in [0.29, 0.717) is 18.8 Å². The van der Waals surface area contributed by atoms with Gasteiger partial charge in [0.25, 0.3) is 0 Å². The van der Waals surface area contributed by atoms with Crippen molar-refractivity contribution in [3.63, 3.8) is 0 Å². The Bertz CT molecular complexity index is 432. The minimum atomic E-state index is -0.180. The summed E-state index contributed by atoms with van der Waals surface area (Å²) < 4.78 is 10.1. The molecule has 0 aromatic heterocycles. The van der Waals surface area contributed by atoms with Crippen molar-refractivity contribution in [2.45, 2.75) is 6.10 Å². The van der Waals surface area contributed by atoms with Gasteiger partial charge in [0.05, 0.1) is 12.7 Å². The van der Waals surface area contributed by atoms with Gasteiger partial charge in [-0.3, -0.25) is 4.79 Å². The van der Waals surface area contributed by atoms with Crippen LogP contribution < -0.4 is 11.1 Å². The van der Waals surface area contributed by atoms with Gasteiger partial charge in [0.2, 0.25) is 5.91 Å². The monoisotopic (exact) mass is 264 g/mol. The molecule has 0 bridgehead atoms. The first-order valence-corrected chi connectivity index (χ1v) is 5.99. The zero-order valence-corrected chi connectivity index (χ0v) is 11.3. The van der Waals surface area contributed by atoms with Gasteiger partial charge in [0.1, 0.15) is 0 Å². The van der Waals surface area contributed by atoms with Crippen molar-refractivity contribution < 1.29 is 14.3 Å². The summed E-state index contributed by atoms with van der Waals surface area (Å²) in [5.74, 6) is -0.180. The SMILES string of the molecule is COCC(CNC(=O)/C=C/c1cccc(N)c1)OC. The molecule has 0 aliphatic rings. The zero-order chi connectivity index (χ0) is 14.1. The van der Waals surface area contributed by atoms with Crippen LogP contribution in [0.25, 0.3) is 6.08 Å². The fraction of sp³-hybridized carbons (Fsp3) is 0.357. The Labute approximate surface area is 113 Å². The molecule has 0 heterocycles. The quantitative estimate of drug-likeness (QED) is 0.570. The number of ether oxygens (including phenoxy) is 2. The van der Waals surface area contributed by atoms with Gasteiger partial charge in [-0.2, -0.15) is 0 Å². The molecule has 0 aliphatic heterocycles. The highest BCUT2D eigenvalue weighted by molar-refractivity contribution is 5.91. The van der Waals surface area contributed by atoms with Crippen molar-refractivity contribution in [3.05, 3.63) is 35.9 Å². The molecule has 5 heteroatoms. The summed E-state index contributed by atoms with van der Waals surface area (Å²) >= 11 is 0. The summed E-state index contributed by atoms with van der Waals surface area (Å²) in [6.07, 6.45) is 3.03. The molecule has 3 N–H and O–H groups in total. The second-order valence-electron chi connectivity index (χ2n) is 4.06. The number of anilines is 1. The standard InChI is InChI=1S/C14H20N2O3/c1-18-10-13(19-2)9-16-14(17)7-6-11-4-3-5-12(15)8-11/h3-8,13H,9-10,15H2,1-2H3,(H,16,17)/b7-6+. The molecule has 1 rings (SSSR count). The van der Waals surface area contributed by atoms with Crippen molar-refractivity contribution in [1.29, 1.82) is 0 Å². The number of methoxy groups -OCH3 is 2. The highest BCUT2D eigenvalue weighted by Gasteiger charge is 2.07. The van der Waals surface area contributed by atoms with Gasteiger partial charge in [0.15, 0.2) is 0 Å². The van der Waals surface area contributed by atoms with E-state index in [1.165, 1.54) is 6.08 Å². The number of carbonyl (C=O) groups excluding carboxylic acids is 1. The van der Waals surface area contributed by atoms with E-state index in [1.54, 1.807) is 32.4 Å². The van der Waals surface area contributed by atoms with Crippen molar-refractivity contribution in [2.75, 3.05) is 33.1 Å². The van der Waals surface area contributed by atoms with Crippen molar-refractivity contribution in [3.8, 4) is 0 Å². The van der Waals surface area contributed by atoms with Crippen LogP contribution in [0.5, 0.6) is 0 Å². The molecule has 1 aromatic carbocycles. The van der Waals surface area contributed by atoms with Crippen LogP contribution in [0.3, 0.4) is 0 Å². The molecule has 104 valence electrons. The average Bonchev–Trinajstić information content (AvgIpc) is 2.41. The van der Waals surface area contributed by atoms with Gasteiger partial charge in [-0.1, -0.05) is 12.1 Å². The van der Waals surface area contributed by atoms with Crippen LogP contribution in [0.2, 0.25) is 0 Å². The number of benzene rings is 1. The second-order valence-corrected chi connectivity index (χ2v) is 4.06. The first-order chi connectivity index (χ1) is 9.15. The Kier molecular flexibility index (Phi) is 6.63. The fourth-order valence-electron chi connectivity index (χ4n) is 1.50. The van der Waals surface area contributed by atoms with Crippen LogP contribution in [-0.4, -0.2) is 39.4 Å². The van der Waals surface area contributed by atoms with E-state index in [1.807, 2.05) is 12.1 Å². The lowest BCUT2D eigenvalue weighted by molar-refractivity contribution is -0.117. The van der Waals surface area contributed by atoms with E-state index < -0.39 is 0 Å². The Morgan fingerprint density at radius 1 is 1.47 bits per heavy atom. The van der Waals surface area contributed by atoms with E-state index in [-0.39, 0.29) is 12.0 Å². The third kappa shape index (κ3) is 6.03. The summed E-state index contributed by atoms with van der Waals surface area (Å²) in [4.78, 5) is 11.6.